The first kappa shape index (κ1) is 25.5. The fraction of sp³-hybridized carbons (Fsp3) is 0.652. The van der Waals surface area contributed by atoms with E-state index in [9.17, 15) is 9.59 Å². The first-order valence-corrected chi connectivity index (χ1v) is 11.5. The van der Waals surface area contributed by atoms with Crippen LogP contribution in [0.1, 0.15) is 83.1 Å². The van der Waals surface area contributed by atoms with Gasteiger partial charge in [-0.1, -0.05) is 74.2 Å². The third kappa shape index (κ3) is 12.6. The van der Waals surface area contributed by atoms with Crippen molar-refractivity contribution in [2.45, 2.75) is 84.2 Å². The Morgan fingerprint density at radius 3 is 2.07 bits per heavy atom. The Labute approximate surface area is 183 Å². The Kier molecular flexibility index (Phi) is 14.3. The summed E-state index contributed by atoms with van der Waals surface area (Å²) in [5, 5.41) is 0. The molecule has 0 fully saturated rings. The van der Waals surface area contributed by atoms with Crippen molar-refractivity contribution >= 4 is 27.9 Å². The number of unbranched alkanes of at least 4 members (excludes halogenated alkanes) is 8. The lowest BCUT2D eigenvalue weighted by Gasteiger charge is -2.10. The molecule has 164 valence electrons. The van der Waals surface area contributed by atoms with Crippen molar-refractivity contribution in [3.63, 3.8) is 0 Å². The fourth-order valence-electron chi connectivity index (χ4n) is 2.97. The summed E-state index contributed by atoms with van der Waals surface area (Å²) >= 11 is 3.38. The smallest absolute Gasteiger partial charge is 0.306 e. The largest absolute Gasteiger partial charge is 0.496 e. The van der Waals surface area contributed by atoms with Crippen LogP contribution in [0.4, 0.5) is 0 Å². The van der Waals surface area contributed by atoms with E-state index < -0.39 is 5.97 Å². The van der Waals surface area contributed by atoms with Crippen LogP contribution in [0.2, 0.25) is 0 Å². The molecule has 0 saturated heterocycles. The highest BCUT2D eigenvalue weighted by Crippen LogP contribution is 2.23. The molecule has 0 spiro atoms. The Morgan fingerprint density at radius 2 is 1.45 bits per heavy atom. The molecule has 29 heavy (non-hydrogen) atoms. The van der Waals surface area contributed by atoms with E-state index in [4.69, 9.17) is 14.2 Å². The van der Waals surface area contributed by atoms with Crippen molar-refractivity contribution in [3.05, 3.63) is 28.2 Å². The van der Waals surface area contributed by atoms with Crippen LogP contribution in [0.25, 0.3) is 0 Å². The standard InChI is InChI=1S/C23H35BrO5/c1-3-4-5-6-7-8-9-10-11-16-28-22(25)14-15-23(26)29-18-19-17-20(24)12-13-21(19)27-2/h12-13,17H,3-11,14-16,18H2,1-2H3. The predicted molar refractivity (Wildman–Crippen MR) is 118 cm³/mol. The molecule has 0 saturated carbocycles. The lowest BCUT2D eigenvalue weighted by Crippen LogP contribution is -2.11. The molecule has 0 aliphatic heterocycles. The summed E-state index contributed by atoms with van der Waals surface area (Å²) in [6.07, 6.45) is 11.1. The second-order valence-corrected chi connectivity index (χ2v) is 8.08. The van der Waals surface area contributed by atoms with Crippen LogP contribution in [0.3, 0.4) is 0 Å². The van der Waals surface area contributed by atoms with Gasteiger partial charge in [-0.05, 0) is 24.6 Å². The van der Waals surface area contributed by atoms with E-state index in [2.05, 4.69) is 22.9 Å². The highest BCUT2D eigenvalue weighted by molar-refractivity contribution is 9.10. The summed E-state index contributed by atoms with van der Waals surface area (Å²) in [6.45, 7) is 2.76. The molecule has 0 atom stereocenters. The maximum atomic E-state index is 11.9. The van der Waals surface area contributed by atoms with Crippen molar-refractivity contribution in [3.8, 4) is 5.75 Å². The van der Waals surface area contributed by atoms with Gasteiger partial charge in [-0.3, -0.25) is 9.59 Å². The highest BCUT2D eigenvalue weighted by atomic mass is 79.9. The van der Waals surface area contributed by atoms with Gasteiger partial charge in [0.15, 0.2) is 0 Å². The topological polar surface area (TPSA) is 61.8 Å². The maximum Gasteiger partial charge on any atom is 0.306 e. The summed E-state index contributed by atoms with van der Waals surface area (Å²) in [5.74, 6) is -0.116. The van der Waals surface area contributed by atoms with Crippen molar-refractivity contribution in [1.29, 1.82) is 0 Å². The van der Waals surface area contributed by atoms with Gasteiger partial charge in [0, 0.05) is 10.0 Å². The molecule has 0 aliphatic rings. The number of rotatable bonds is 16. The second kappa shape index (κ2) is 16.3. The molecule has 0 unspecified atom stereocenters. The average molecular weight is 471 g/mol. The number of carbonyl (C=O) groups is 2. The van der Waals surface area contributed by atoms with Crippen molar-refractivity contribution < 1.29 is 23.8 Å². The molecule has 0 heterocycles. The minimum absolute atomic E-state index is 0.0207. The number of halogens is 1. The number of methoxy groups -OCH3 is 1. The van der Waals surface area contributed by atoms with Crippen LogP contribution in [-0.4, -0.2) is 25.7 Å². The number of hydrogen-bond donors (Lipinski definition) is 0. The zero-order chi connectivity index (χ0) is 21.3. The molecule has 0 aromatic heterocycles. The van der Waals surface area contributed by atoms with Crippen molar-refractivity contribution in [2.75, 3.05) is 13.7 Å². The number of benzene rings is 1. The fourth-order valence-corrected chi connectivity index (χ4v) is 3.37. The van der Waals surface area contributed by atoms with Gasteiger partial charge in [-0.25, -0.2) is 0 Å². The highest BCUT2D eigenvalue weighted by Gasteiger charge is 2.11. The molecule has 1 rings (SSSR count). The van der Waals surface area contributed by atoms with E-state index in [0.717, 1.165) is 22.9 Å². The van der Waals surface area contributed by atoms with Gasteiger partial charge in [0.2, 0.25) is 0 Å². The van der Waals surface area contributed by atoms with Gasteiger partial charge in [0.25, 0.3) is 0 Å². The number of carbonyl (C=O) groups excluding carboxylic acids is 2. The normalized spacial score (nSPS) is 10.6. The van der Waals surface area contributed by atoms with Crippen LogP contribution < -0.4 is 4.74 Å². The molecule has 0 bridgehead atoms. The molecule has 5 nitrogen and oxygen atoms in total. The summed E-state index contributed by atoms with van der Waals surface area (Å²) in [6, 6.07) is 5.50. The third-order valence-corrected chi connectivity index (χ3v) is 5.17. The monoisotopic (exact) mass is 470 g/mol. The Morgan fingerprint density at radius 1 is 0.862 bits per heavy atom. The first-order valence-electron chi connectivity index (χ1n) is 10.7. The molecule has 0 N–H and O–H groups in total. The molecule has 0 aliphatic carbocycles. The van der Waals surface area contributed by atoms with E-state index in [1.807, 2.05) is 12.1 Å². The van der Waals surface area contributed by atoms with E-state index in [0.29, 0.717) is 12.4 Å². The second-order valence-electron chi connectivity index (χ2n) is 7.17. The van der Waals surface area contributed by atoms with Crippen LogP contribution >= 0.6 is 15.9 Å². The Balaban J connectivity index is 2.05. The number of hydrogen-bond acceptors (Lipinski definition) is 5. The van der Waals surface area contributed by atoms with Crippen LogP contribution in [0.5, 0.6) is 5.75 Å². The lowest BCUT2D eigenvalue weighted by atomic mass is 10.1. The van der Waals surface area contributed by atoms with Gasteiger partial charge >= 0.3 is 11.9 Å². The van der Waals surface area contributed by atoms with Crippen LogP contribution in [-0.2, 0) is 25.7 Å². The van der Waals surface area contributed by atoms with E-state index >= 15 is 0 Å². The molecule has 1 aromatic carbocycles. The average Bonchev–Trinajstić information content (AvgIpc) is 2.72. The molecule has 0 amide bonds. The number of esters is 2. The molecule has 0 radical (unpaired) electrons. The van der Waals surface area contributed by atoms with Gasteiger partial charge in [-0.15, -0.1) is 0 Å². The van der Waals surface area contributed by atoms with Gasteiger partial charge < -0.3 is 14.2 Å². The lowest BCUT2D eigenvalue weighted by molar-refractivity contribution is -0.151. The quantitative estimate of drug-likeness (QED) is 0.208. The third-order valence-electron chi connectivity index (χ3n) is 4.68. The SMILES string of the molecule is CCCCCCCCCCCOC(=O)CCC(=O)OCc1cc(Br)ccc1OC. The predicted octanol–water partition coefficient (Wildman–Crippen LogP) is 6.36. The number of ether oxygens (including phenoxy) is 3. The van der Waals surface area contributed by atoms with Crippen LogP contribution in [0.15, 0.2) is 22.7 Å². The Bertz CT molecular complexity index is 603. The first-order chi connectivity index (χ1) is 14.1. The van der Waals surface area contributed by atoms with E-state index in [1.54, 1.807) is 13.2 Å². The summed E-state index contributed by atoms with van der Waals surface area (Å²) in [4.78, 5) is 23.6. The van der Waals surface area contributed by atoms with Gasteiger partial charge in [0.05, 0.1) is 26.6 Å². The molecular weight excluding hydrogens is 436 g/mol. The molecule has 6 heteroatoms. The summed E-state index contributed by atoms with van der Waals surface area (Å²) < 4.78 is 16.6. The molecular formula is C23H35BrO5. The minimum atomic E-state index is -0.424. The minimum Gasteiger partial charge on any atom is -0.496 e. The van der Waals surface area contributed by atoms with E-state index in [1.165, 1.54) is 44.9 Å². The Hall–Kier alpha value is -1.56. The van der Waals surface area contributed by atoms with Crippen molar-refractivity contribution in [1.82, 2.24) is 0 Å². The molecule has 1 aromatic rings. The van der Waals surface area contributed by atoms with Crippen molar-refractivity contribution in [2.24, 2.45) is 0 Å². The summed E-state index contributed by atoms with van der Waals surface area (Å²) in [5.41, 5.74) is 0.767. The van der Waals surface area contributed by atoms with Gasteiger partial charge in [0.1, 0.15) is 12.4 Å². The maximum absolute atomic E-state index is 11.9. The van der Waals surface area contributed by atoms with E-state index in [-0.39, 0.29) is 25.4 Å². The summed E-state index contributed by atoms with van der Waals surface area (Å²) in [7, 11) is 1.57. The zero-order valence-corrected chi connectivity index (χ0v) is 19.4. The van der Waals surface area contributed by atoms with Crippen LogP contribution in [0, 0.1) is 0 Å². The van der Waals surface area contributed by atoms with Gasteiger partial charge in [-0.2, -0.15) is 0 Å². The zero-order valence-electron chi connectivity index (χ0n) is 17.8.